The Kier molecular flexibility index (Phi) is 4.80. The molecule has 7 nitrogen and oxygen atoms in total. The molecule has 1 unspecified atom stereocenters. The number of aryl methyl sites for hydroxylation is 1. The third kappa shape index (κ3) is 4.04. The van der Waals surface area contributed by atoms with Crippen molar-refractivity contribution in [2.24, 2.45) is 0 Å². The van der Waals surface area contributed by atoms with Crippen LogP contribution in [0.15, 0.2) is 42.5 Å². The van der Waals surface area contributed by atoms with E-state index in [0.29, 0.717) is 23.1 Å². The average molecular weight is 342 g/mol. The second kappa shape index (κ2) is 7.18. The smallest absolute Gasteiger partial charge is 0.153 e. The first-order chi connectivity index (χ1) is 12.0. The Morgan fingerprint density at radius 1 is 1.20 bits per heavy atom. The summed E-state index contributed by atoms with van der Waals surface area (Å²) >= 11 is 0. The van der Waals surface area contributed by atoms with Crippen molar-refractivity contribution in [2.75, 3.05) is 23.0 Å². The summed E-state index contributed by atoms with van der Waals surface area (Å²) in [6, 6.07) is 10.7. The van der Waals surface area contributed by atoms with Gasteiger partial charge in [-0.25, -0.2) is 9.37 Å². The zero-order valence-electron chi connectivity index (χ0n) is 13.6. The van der Waals surface area contributed by atoms with Crippen molar-refractivity contribution in [3.05, 3.63) is 59.5 Å². The van der Waals surface area contributed by atoms with Gasteiger partial charge in [0.25, 0.3) is 0 Å². The summed E-state index contributed by atoms with van der Waals surface area (Å²) in [4.78, 5) is 4.42. The minimum Gasteiger partial charge on any atom is -0.396 e. The number of aliphatic hydroxyl groups is 1. The molecule has 0 aliphatic carbocycles. The van der Waals surface area contributed by atoms with Crippen molar-refractivity contribution < 1.29 is 9.50 Å². The number of halogens is 1. The zero-order chi connectivity index (χ0) is 17.8. The van der Waals surface area contributed by atoms with Gasteiger partial charge in [-0.05, 0) is 36.8 Å². The van der Waals surface area contributed by atoms with E-state index < -0.39 is 6.04 Å². The first kappa shape index (κ1) is 16.7. The summed E-state index contributed by atoms with van der Waals surface area (Å²) in [5.41, 5.74) is 8.06. The van der Waals surface area contributed by atoms with E-state index in [9.17, 15) is 9.50 Å². The Labute approximate surface area is 144 Å². The van der Waals surface area contributed by atoms with Gasteiger partial charge in [0.15, 0.2) is 11.6 Å². The summed E-state index contributed by atoms with van der Waals surface area (Å²) in [6.07, 6.45) is 0. The van der Waals surface area contributed by atoms with Crippen LogP contribution in [0.3, 0.4) is 0 Å². The molecule has 2 heterocycles. The number of nitrogen functional groups attached to an aromatic ring is 1. The molecule has 0 radical (unpaired) electrons. The number of aliphatic hydroxyl groups excluding tert-OH is 1. The second-order valence-electron chi connectivity index (χ2n) is 5.63. The van der Waals surface area contributed by atoms with E-state index in [1.165, 1.54) is 12.1 Å². The highest BCUT2D eigenvalue weighted by Crippen LogP contribution is 2.25. The molecule has 3 rings (SSSR count). The molecule has 2 aromatic heterocycles. The van der Waals surface area contributed by atoms with Gasteiger partial charge in [0.2, 0.25) is 0 Å². The van der Waals surface area contributed by atoms with E-state index in [0.717, 1.165) is 11.3 Å². The number of aromatic amines is 1. The van der Waals surface area contributed by atoms with Crippen LogP contribution in [-0.4, -0.2) is 26.9 Å². The number of H-pyrrole nitrogens is 1. The third-order valence-corrected chi connectivity index (χ3v) is 3.65. The quantitative estimate of drug-likeness (QED) is 0.471. The fourth-order valence-electron chi connectivity index (χ4n) is 2.36. The average Bonchev–Trinajstić information content (AvgIpc) is 3.01. The maximum absolute atomic E-state index is 13.1. The number of aromatic nitrogens is 3. The van der Waals surface area contributed by atoms with Crippen LogP contribution >= 0.6 is 0 Å². The van der Waals surface area contributed by atoms with E-state index in [4.69, 9.17) is 5.73 Å². The minimum atomic E-state index is -0.460. The summed E-state index contributed by atoms with van der Waals surface area (Å²) in [6.45, 7) is 1.71. The number of nitrogens with zero attached hydrogens (tertiary/aromatic N) is 2. The van der Waals surface area contributed by atoms with Crippen LogP contribution in [0.25, 0.3) is 0 Å². The molecule has 8 heteroatoms. The van der Waals surface area contributed by atoms with E-state index >= 15 is 0 Å². The third-order valence-electron chi connectivity index (χ3n) is 3.65. The Morgan fingerprint density at radius 2 is 1.96 bits per heavy atom. The maximum Gasteiger partial charge on any atom is 0.153 e. The molecule has 0 fully saturated rings. The molecular weight excluding hydrogens is 323 g/mol. The lowest BCUT2D eigenvalue weighted by molar-refractivity contribution is 0.276. The zero-order valence-corrected chi connectivity index (χ0v) is 13.6. The fourth-order valence-corrected chi connectivity index (χ4v) is 2.36. The van der Waals surface area contributed by atoms with Gasteiger partial charge in [-0.1, -0.05) is 12.1 Å². The van der Waals surface area contributed by atoms with Crippen molar-refractivity contribution in [3.8, 4) is 0 Å². The minimum absolute atomic E-state index is 0.191. The van der Waals surface area contributed by atoms with Crippen LogP contribution in [-0.2, 0) is 0 Å². The Balaban J connectivity index is 1.80. The number of rotatable bonds is 6. The molecule has 0 saturated heterocycles. The molecule has 130 valence electrons. The van der Waals surface area contributed by atoms with Gasteiger partial charge >= 0.3 is 0 Å². The molecule has 25 heavy (non-hydrogen) atoms. The molecule has 0 amide bonds. The molecule has 1 atom stereocenters. The van der Waals surface area contributed by atoms with Crippen LogP contribution in [0.2, 0.25) is 0 Å². The van der Waals surface area contributed by atoms with Crippen molar-refractivity contribution >= 4 is 23.1 Å². The Hall–Kier alpha value is -3.13. The van der Waals surface area contributed by atoms with Crippen molar-refractivity contribution in [3.63, 3.8) is 0 Å². The van der Waals surface area contributed by atoms with Crippen LogP contribution in [0.1, 0.15) is 17.3 Å². The number of hydrogen-bond donors (Lipinski definition) is 5. The van der Waals surface area contributed by atoms with Gasteiger partial charge in [0, 0.05) is 11.8 Å². The van der Waals surface area contributed by atoms with E-state index in [-0.39, 0.29) is 12.4 Å². The molecule has 6 N–H and O–H groups in total. The Bertz CT molecular complexity index is 849. The topological polar surface area (TPSA) is 112 Å². The SMILES string of the molecule is Cc1cc(Nc2ccc(N)c(NC(CO)c3ccc(F)cc3)n2)n[nH]1. The number of nitrogens with one attached hydrogen (secondary N) is 3. The van der Waals surface area contributed by atoms with Crippen molar-refractivity contribution in [1.82, 2.24) is 15.2 Å². The van der Waals surface area contributed by atoms with Gasteiger partial charge < -0.3 is 21.5 Å². The lowest BCUT2D eigenvalue weighted by atomic mass is 10.1. The van der Waals surface area contributed by atoms with E-state index in [1.807, 2.05) is 13.0 Å². The second-order valence-corrected chi connectivity index (χ2v) is 5.63. The first-order valence-electron chi connectivity index (χ1n) is 7.73. The molecule has 0 aliphatic rings. The summed E-state index contributed by atoms with van der Waals surface area (Å²) < 4.78 is 13.1. The van der Waals surface area contributed by atoms with Gasteiger partial charge in [-0.15, -0.1) is 0 Å². The largest absolute Gasteiger partial charge is 0.396 e. The lowest BCUT2D eigenvalue weighted by Gasteiger charge is -2.19. The van der Waals surface area contributed by atoms with Gasteiger partial charge in [-0.3, -0.25) is 5.10 Å². The summed E-state index contributed by atoms with van der Waals surface area (Å²) in [7, 11) is 0. The maximum atomic E-state index is 13.1. The number of anilines is 4. The predicted molar refractivity (Wildman–Crippen MR) is 95.1 cm³/mol. The Morgan fingerprint density at radius 3 is 2.60 bits per heavy atom. The number of nitrogens with two attached hydrogens (primary N) is 1. The molecule has 0 aliphatic heterocycles. The van der Waals surface area contributed by atoms with Crippen LogP contribution in [0.5, 0.6) is 0 Å². The molecular formula is C17H19FN6O. The highest BCUT2D eigenvalue weighted by atomic mass is 19.1. The van der Waals surface area contributed by atoms with Crippen molar-refractivity contribution in [1.29, 1.82) is 0 Å². The monoisotopic (exact) mass is 342 g/mol. The molecule has 0 saturated carbocycles. The number of hydrogen-bond acceptors (Lipinski definition) is 6. The van der Waals surface area contributed by atoms with E-state index in [2.05, 4.69) is 25.8 Å². The molecule has 3 aromatic rings. The first-order valence-corrected chi connectivity index (χ1v) is 7.73. The van der Waals surface area contributed by atoms with Crippen LogP contribution in [0.4, 0.5) is 27.5 Å². The fraction of sp³-hybridized carbons (Fsp3) is 0.176. The summed E-state index contributed by atoms with van der Waals surface area (Å²) in [5.74, 6) is 1.27. The predicted octanol–water partition coefficient (Wildman–Crippen LogP) is 2.72. The summed E-state index contributed by atoms with van der Waals surface area (Å²) in [5, 5.41) is 22.7. The number of benzene rings is 1. The van der Waals surface area contributed by atoms with Gasteiger partial charge in [0.05, 0.1) is 18.3 Å². The van der Waals surface area contributed by atoms with Crippen LogP contribution in [0, 0.1) is 12.7 Å². The van der Waals surface area contributed by atoms with Crippen molar-refractivity contribution in [2.45, 2.75) is 13.0 Å². The standard InChI is InChI=1S/C17H19FN6O/c1-10-8-16(24-23-10)21-15-7-6-13(19)17(22-15)20-14(9-25)11-2-4-12(18)5-3-11/h2-8,14,25H,9,19H2,1H3,(H3,20,21,22,23,24). The molecule has 1 aromatic carbocycles. The van der Waals surface area contributed by atoms with Gasteiger partial charge in [0.1, 0.15) is 11.6 Å². The lowest BCUT2D eigenvalue weighted by Crippen LogP contribution is -2.17. The highest BCUT2D eigenvalue weighted by Gasteiger charge is 2.13. The number of pyridine rings is 1. The highest BCUT2D eigenvalue weighted by molar-refractivity contribution is 5.67. The normalized spacial score (nSPS) is 12.0. The van der Waals surface area contributed by atoms with E-state index in [1.54, 1.807) is 24.3 Å². The molecule has 0 bridgehead atoms. The van der Waals surface area contributed by atoms with Crippen LogP contribution < -0.4 is 16.4 Å². The van der Waals surface area contributed by atoms with Gasteiger partial charge in [-0.2, -0.15) is 5.10 Å². The molecule has 0 spiro atoms.